The Morgan fingerprint density at radius 1 is 1.36 bits per heavy atom. The highest BCUT2D eigenvalue weighted by Gasteiger charge is 2.31. The summed E-state index contributed by atoms with van der Waals surface area (Å²) in [6.45, 7) is 2.84. The molecule has 4 rings (SSSR count). The van der Waals surface area contributed by atoms with Gasteiger partial charge in [-0.05, 0) is 42.7 Å². The molecule has 1 amide bonds. The molecular weight excluding hydrogens is 340 g/mol. The molecule has 0 spiro atoms. The van der Waals surface area contributed by atoms with Crippen molar-refractivity contribution in [3.63, 3.8) is 0 Å². The highest BCUT2D eigenvalue weighted by Crippen LogP contribution is 2.25. The second-order valence-electron chi connectivity index (χ2n) is 6.76. The van der Waals surface area contributed by atoms with E-state index in [-0.39, 0.29) is 17.5 Å². The normalized spacial score (nSPS) is 21.8. The number of rotatable bonds is 4. The first-order chi connectivity index (χ1) is 12.2. The second-order valence-corrected chi connectivity index (χ2v) is 7.69. The van der Waals surface area contributed by atoms with Crippen molar-refractivity contribution >= 4 is 17.2 Å². The summed E-state index contributed by atoms with van der Waals surface area (Å²) >= 11 is 1.53. The molecule has 2 aliphatic heterocycles. The van der Waals surface area contributed by atoms with Gasteiger partial charge in [0.25, 0.3) is 0 Å². The van der Waals surface area contributed by atoms with Crippen molar-refractivity contribution in [3.05, 3.63) is 33.8 Å². The van der Waals surface area contributed by atoms with Crippen LogP contribution in [0.25, 0.3) is 5.00 Å². The number of hydrogen-bond acceptors (Lipinski definition) is 5. The number of likely N-dealkylation sites (tertiary alicyclic amines) is 1. The van der Waals surface area contributed by atoms with E-state index >= 15 is 0 Å². The number of aromatic nitrogens is 3. The van der Waals surface area contributed by atoms with Crippen LogP contribution in [0, 0.1) is 11.8 Å². The van der Waals surface area contributed by atoms with Crippen molar-refractivity contribution < 1.29 is 9.53 Å². The van der Waals surface area contributed by atoms with Crippen LogP contribution in [0.5, 0.6) is 0 Å². The summed E-state index contributed by atoms with van der Waals surface area (Å²) in [5.74, 6) is 1.51. The summed E-state index contributed by atoms with van der Waals surface area (Å²) in [6.07, 6.45) is 3.50. The van der Waals surface area contributed by atoms with Gasteiger partial charge in [0.1, 0.15) is 10.8 Å². The van der Waals surface area contributed by atoms with E-state index in [0.29, 0.717) is 19.1 Å². The topological polar surface area (TPSA) is 80.2 Å². The number of piperidine rings is 1. The molecule has 2 aliphatic rings. The zero-order chi connectivity index (χ0) is 17.2. The minimum absolute atomic E-state index is 0.0481. The minimum atomic E-state index is -0.189. The zero-order valence-corrected chi connectivity index (χ0v) is 14.8. The third-order valence-corrected chi connectivity index (χ3v) is 6.00. The van der Waals surface area contributed by atoms with Crippen LogP contribution in [-0.2, 0) is 16.0 Å². The molecule has 7 nitrogen and oxygen atoms in total. The smallest absolute Gasteiger partial charge is 0.348 e. The van der Waals surface area contributed by atoms with Gasteiger partial charge in [0, 0.05) is 26.1 Å². The first kappa shape index (κ1) is 16.5. The van der Waals surface area contributed by atoms with E-state index in [1.165, 1.54) is 11.3 Å². The third-order valence-electron chi connectivity index (χ3n) is 5.14. The fraction of sp³-hybridized carbons (Fsp3) is 0.588. The number of carbonyl (C=O) groups excluding carboxylic acids is 1. The van der Waals surface area contributed by atoms with Gasteiger partial charge in [-0.2, -0.15) is 5.10 Å². The number of hydrogen-bond donors (Lipinski definition) is 1. The number of H-pyrrole nitrogens is 1. The Balaban J connectivity index is 1.38. The number of aromatic amines is 1. The van der Waals surface area contributed by atoms with Gasteiger partial charge in [-0.15, -0.1) is 11.3 Å². The van der Waals surface area contributed by atoms with Gasteiger partial charge in [-0.1, -0.05) is 0 Å². The first-order valence-electron chi connectivity index (χ1n) is 8.79. The average Bonchev–Trinajstić information content (AvgIpc) is 3.37. The van der Waals surface area contributed by atoms with Crippen LogP contribution in [-0.4, -0.2) is 51.9 Å². The maximum atomic E-state index is 12.5. The number of thiophene rings is 1. The Hall–Kier alpha value is -1.93. The van der Waals surface area contributed by atoms with E-state index in [9.17, 15) is 9.59 Å². The molecule has 0 radical (unpaired) electrons. The lowest BCUT2D eigenvalue weighted by Crippen LogP contribution is -2.42. The van der Waals surface area contributed by atoms with Crippen LogP contribution in [0.3, 0.4) is 0 Å². The minimum Gasteiger partial charge on any atom is -0.381 e. The molecule has 1 atom stereocenters. The summed E-state index contributed by atoms with van der Waals surface area (Å²) in [4.78, 5) is 26.5. The van der Waals surface area contributed by atoms with Crippen molar-refractivity contribution in [2.24, 2.45) is 11.8 Å². The van der Waals surface area contributed by atoms with Crippen LogP contribution >= 0.6 is 11.3 Å². The summed E-state index contributed by atoms with van der Waals surface area (Å²) in [5, 5.41) is 9.63. The molecule has 0 aliphatic carbocycles. The second kappa shape index (κ2) is 7.13. The van der Waals surface area contributed by atoms with Gasteiger partial charge in [0.05, 0.1) is 12.5 Å². The van der Waals surface area contributed by atoms with Gasteiger partial charge in [-0.25, -0.2) is 14.5 Å². The zero-order valence-electron chi connectivity index (χ0n) is 14.0. The van der Waals surface area contributed by atoms with Gasteiger partial charge >= 0.3 is 5.69 Å². The number of carbonyl (C=O) groups is 1. The summed E-state index contributed by atoms with van der Waals surface area (Å²) in [7, 11) is 0. The van der Waals surface area contributed by atoms with Crippen molar-refractivity contribution in [3.8, 4) is 5.00 Å². The Morgan fingerprint density at radius 2 is 2.20 bits per heavy atom. The fourth-order valence-corrected chi connectivity index (χ4v) is 4.44. The number of nitrogens with zero attached hydrogens (tertiary/aromatic N) is 3. The lowest BCUT2D eigenvalue weighted by molar-refractivity contribution is -0.136. The highest BCUT2D eigenvalue weighted by molar-refractivity contribution is 7.12. The fourth-order valence-electron chi connectivity index (χ4n) is 3.69. The third kappa shape index (κ3) is 3.41. The van der Waals surface area contributed by atoms with Gasteiger partial charge in [-0.3, -0.25) is 4.79 Å². The van der Waals surface area contributed by atoms with Gasteiger partial charge < -0.3 is 9.64 Å². The summed E-state index contributed by atoms with van der Waals surface area (Å²) in [6, 6.07) is 3.86. The predicted molar refractivity (Wildman–Crippen MR) is 94.0 cm³/mol. The lowest BCUT2D eigenvalue weighted by Gasteiger charge is -2.33. The van der Waals surface area contributed by atoms with Crippen molar-refractivity contribution in [1.82, 2.24) is 19.7 Å². The largest absolute Gasteiger partial charge is 0.381 e. The average molecular weight is 362 g/mol. The maximum Gasteiger partial charge on any atom is 0.348 e. The molecule has 0 unspecified atom stereocenters. The monoisotopic (exact) mass is 362 g/mol. The van der Waals surface area contributed by atoms with Crippen molar-refractivity contribution in [1.29, 1.82) is 0 Å². The van der Waals surface area contributed by atoms with E-state index in [4.69, 9.17) is 4.74 Å². The molecular formula is C17H22N4O3S. The molecule has 134 valence electrons. The van der Waals surface area contributed by atoms with Crippen LogP contribution < -0.4 is 5.69 Å². The molecule has 2 fully saturated rings. The first-order valence-corrected chi connectivity index (χ1v) is 9.67. The molecule has 0 bridgehead atoms. The molecule has 1 N–H and O–H groups in total. The van der Waals surface area contributed by atoms with Gasteiger partial charge in [0.15, 0.2) is 0 Å². The Labute approximate surface area is 149 Å². The Morgan fingerprint density at radius 3 is 2.88 bits per heavy atom. The SMILES string of the molecule is O=C([C@@H]1CCOC1)N1CCC(Cc2n[nH]c(=O)n2-c2cccs2)CC1. The predicted octanol–water partition coefficient (Wildman–Crippen LogP) is 1.44. The van der Waals surface area contributed by atoms with Crippen molar-refractivity contribution in [2.75, 3.05) is 26.3 Å². The number of amides is 1. The molecule has 25 heavy (non-hydrogen) atoms. The molecule has 2 aromatic heterocycles. The van der Waals surface area contributed by atoms with E-state index in [2.05, 4.69) is 10.2 Å². The lowest BCUT2D eigenvalue weighted by atomic mass is 9.92. The van der Waals surface area contributed by atoms with E-state index in [1.807, 2.05) is 22.4 Å². The van der Waals surface area contributed by atoms with Gasteiger partial charge in [0.2, 0.25) is 5.91 Å². The quantitative estimate of drug-likeness (QED) is 0.892. The van der Waals surface area contributed by atoms with E-state index in [1.54, 1.807) is 4.57 Å². The molecule has 2 saturated heterocycles. The molecule has 4 heterocycles. The highest BCUT2D eigenvalue weighted by atomic mass is 32.1. The number of nitrogens with one attached hydrogen (secondary N) is 1. The standard InChI is InChI=1S/C17H22N4O3S/c22-16(13-5-8-24-11-13)20-6-3-12(4-7-20)10-14-18-19-17(23)21(14)15-2-1-9-25-15/h1-2,9,12-13H,3-8,10-11H2,(H,19,23)/t13-/m1/s1. The molecule has 2 aromatic rings. The molecule has 0 aromatic carbocycles. The Bertz CT molecular complexity index is 768. The Kier molecular flexibility index (Phi) is 4.72. The molecule has 8 heteroatoms. The number of ether oxygens (including phenoxy) is 1. The van der Waals surface area contributed by atoms with Crippen LogP contribution in [0.15, 0.2) is 22.3 Å². The van der Waals surface area contributed by atoms with Crippen LogP contribution in [0.2, 0.25) is 0 Å². The molecule has 0 saturated carbocycles. The van der Waals surface area contributed by atoms with E-state index in [0.717, 1.165) is 49.6 Å². The summed E-state index contributed by atoms with van der Waals surface area (Å²) < 4.78 is 6.99. The maximum absolute atomic E-state index is 12.5. The van der Waals surface area contributed by atoms with Crippen LogP contribution in [0.4, 0.5) is 0 Å². The van der Waals surface area contributed by atoms with Crippen molar-refractivity contribution in [2.45, 2.75) is 25.7 Å². The van der Waals surface area contributed by atoms with E-state index < -0.39 is 0 Å². The van der Waals surface area contributed by atoms with Crippen LogP contribution in [0.1, 0.15) is 25.1 Å². The summed E-state index contributed by atoms with van der Waals surface area (Å²) in [5.41, 5.74) is -0.189.